The summed E-state index contributed by atoms with van der Waals surface area (Å²) < 4.78 is 29.5. The van der Waals surface area contributed by atoms with E-state index in [1.54, 1.807) is 18.3 Å². The molecular formula is C22H24N2O3S. The smallest absolute Gasteiger partial charge is 0.175 e. The van der Waals surface area contributed by atoms with E-state index in [-0.39, 0.29) is 12.0 Å². The number of hydrogen-bond donors (Lipinski definition) is 1. The Morgan fingerprint density at radius 3 is 2.61 bits per heavy atom. The van der Waals surface area contributed by atoms with E-state index in [1.165, 1.54) is 6.26 Å². The number of H-pyrrole nitrogens is 1. The maximum Gasteiger partial charge on any atom is 0.175 e. The molecule has 6 heteroatoms. The predicted octanol–water partition coefficient (Wildman–Crippen LogP) is 4.18. The first-order valence-electron chi connectivity index (χ1n) is 9.52. The normalized spacial score (nSPS) is 18.2. The highest BCUT2D eigenvalue weighted by Crippen LogP contribution is 2.34. The average molecular weight is 397 g/mol. The van der Waals surface area contributed by atoms with Crippen LogP contribution in [0.25, 0.3) is 11.4 Å². The van der Waals surface area contributed by atoms with Crippen LogP contribution in [0.1, 0.15) is 36.4 Å². The zero-order valence-corrected chi connectivity index (χ0v) is 16.7. The maximum atomic E-state index is 11.8. The van der Waals surface area contributed by atoms with Crippen molar-refractivity contribution in [1.29, 1.82) is 0 Å². The average Bonchev–Trinajstić information content (AvgIpc) is 3.38. The Hall–Kier alpha value is -2.44. The van der Waals surface area contributed by atoms with Gasteiger partial charge in [0.25, 0.3) is 0 Å². The summed E-state index contributed by atoms with van der Waals surface area (Å²) in [6.45, 7) is 0.814. The Morgan fingerprint density at radius 2 is 1.96 bits per heavy atom. The number of ether oxygens (including phenoxy) is 1. The van der Waals surface area contributed by atoms with Gasteiger partial charge in [0.1, 0.15) is 0 Å². The zero-order chi connectivity index (χ0) is 19.6. The van der Waals surface area contributed by atoms with E-state index in [9.17, 15) is 8.42 Å². The number of nitrogens with one attached hydrogen (secondary N) is 1. The van der Waals surface area contributed by atoms with E-state index < -0.39 is 9.84 Å². The van der Waals surface area contributed by atoms with E-state index in [4.69, 9.17) is 4.74 Å². The molecule has 0 amide bonds. The SMILES string of the molecule is CS(=O)(=O)c1ccc(C(CC2CCCO2)c2ccc(-c3ccccn3)[nH]2)cc1. The molecule has 1 saturated heterocycles. The number of aromatic nitrogens is 2. The minimum absolute atomic E-state index is 0.106. The number of aromatic amines is 1. The van der Waals surface area contributed by atoms with E-state index in [2.05, 4.69) is 16.0 Å². The fourth-order valence-electron chi connectivity index (χ4n) is 3.77. The van der Waals surface area contributed by atoms with Crippen LogP contribution in [0, 0.1) is 0 Å². The number of sulfone groups is 1. The third kappa shape index (κ3) is 4.18. The van der Waals surface area contributed by atoms with Gasteiger partial charge in [-0.1, -0.05) is 18.2 Å². The van der Waals surface area contributed by atoms with Crippen molar-refractivity contribution in [1.82, 2.24) is 9.97 Å². The molecule has 0 bridgehead atoms. The van der Waals surface area contributed by atoms with Crippen LogP contribution in [-0.2, 0) is 14.6 Å². The minimum atomic E-state index is -3.20. The lowest BCUT2D eigenvalue weighted by atomic mass is 9.89. The second kappa shape index (κ2) is 7.89. The molecule has 1 aliphatic rings. The van der Waals surface area contributed by atoms with Gasteiger partial charge in [-0.3, -0.25) is 4.98 Å². The van der Waals surface area contributed by atoms with Gasteiger partial charge in [-0.05, 0) is 61.2 Å². The van der Waals surface area contributed by atoms with Crippen LogP contribution in [0.4, 0.5) is 0 Å². The van der Waals surface area contributed by atoms with Crippen molar-refractivity contribution < 1.29 is 13.2 Å². The Balaban J connectivity index is 1.67. The van der Waals surface area contributed by atoms with Crippen molar-refractivity contribution in [3.05, 3.63) is 72.1 Å². The highest BCUT2D eigenvalue weighted by atomic mass is 32.2. The lowest BCUT2D eigenvalue weighted by Crippen LogP contribution is -2.13. The van der Waals surface area contributed by atoms with Crippen molar-refractivity contribution >= 4 is 9.84 Å². The molecule has 3 aromatic rings. The van der Waals surface area contributed by atoms with Crippen LogP contribution in [0.2, 0.25) is 0 Å². The van der Waals surface area contributed by atoms with Crippen LogP contribution >= 0.6 is 0 Å². The molecule has 5 nitrogen and oxygen atoms in total. The molecule has 1 N–H and O–H groups in total. The monoisotopic (exact) mass is 396 g/mol. The molecule has 1 fully saturated rings. The van der Waals surface area contributed by atoms with Crippen molar-refractivity contribution in [3.8, 4) is 11.4 Å². The van der Waals surface area contributed by atoms with Crippen molar-refractivity contribution in [2.24, 2.45) is 0 Å². The van der Waals surface area contributed by atoms with Gasteiger partial charge in [0.05, 0.1) is 22.4 Å². The highest BCUT2D eigenvalue weighted by Gasteiger charge is 2.25. The van der Waals surface area contributed by atoms with Crippen molar-refractivity contribution in [2.75, 3.05) is 12.9 Å². The molecule has 2 unspecified atom stereocenters. The fraction of sp³-hybridized carbons (Fsp3) is 0.318. The molecule has 1 aliphatic heterocycles. The van der Waals surface area contributed by atoms with Crippen LogP contribution in [0.5, 0.6) is 0 Å². The first-order chi connectivity index (χ1) is 13.5. The van der Waals surface area contributed by atoms with Gasteiger partial charge in [-0.15, -0.1) is 0 Å². The Morgan fingerprint density at radius 1 is 1.14 bits per heavy atom. The van der Waals surface area contributed by atoms with E-state index >= 15 is 0 Å². The molecule has 0 radical (unpaired) electrons. The number of hydrogen-bond acceptors (Lipinski definition) is 4. The summed E-state index contributed by atoms with van der Waals surface area (Å²) in [6.07, 6.45) is 6.25. The Kier molecular flexibility index (Phi) is 5.33. The molecule has 1 aromatic carbocycles. The predicted molar refractivity (Wildman–Crippen MR) is 109 cm³/mol. The van der Waals surface area contributed by atoms with Gasteiger partial charge < -0.3 is 9.72 Å². The summed E-state index contributed by atoms with van der Waals surface area (Å²) in [5.74, 6) is 0.106. The van der Waals surface area contributed by atoms with Crippen molar-refractivity contribution in [3.63, 3.8) is 0 Å². The summed E-state index contributed by atoms with van der Waals surface area (Å²) in [7, 11) is -3.20. The molecule has 2 aromatic heterocycles. The second-order valence-corrected chi connectivity index (χ2v) is 9.32. The highest BCUT2D eigenvalue weighted by molar-refractivity contribution is 7.90. The van der Waals surface area contributed by atoms with Crippen LogP contribution in [0.3, 0.4) is 0 Å². The standard InChI is InChI=1S/C22H24N2O3S/c1-28(25,26)18-9-7-16(8-10-18)19(15-17-5-4-14-27-17)20-11-12-22(24-20)21-6-2-3-13-23-21/h2-3,6-13,17,19,24H,4-5,14-15H2,1H3. The third-order valence-corrected chi connectivity index (χ3v) is 6.39. The Bertz CT molecular complexity index is 1020. The molecule has 0 saturated carbocycles. The summed E-state index contributed by atoms with van der Waals surface area (Å²) in [4.78, 5) is 8.26. The number of nitrogens with zero attached hydrogens (tertiary/aromatic N) is 1. The topological polar surface area (TPSA) is 72.1 Å². The second-order valence-electron chi connectivity index (χ2n) is 7.31. The van der Waals surface area contributed by atoms with Gasteiger partial charge in [-0.2, -0.15) is 0 Å². The summed E-state index contributed by atoms with van der Waals surface area (Å²) in [5, 5.41) is 0. The molecule has 4 rings (SSSR count). The molecule has 28 heavy (non-hydrogen) atoms. The molecule has 2 atom stereocenters. The lowest BCUT2D eigenvalue weighted by Gasteiger charge is -2.20. The summed E-state index contributed by atoms with van der Waals surface area (Å²) in [5.41, 5.74) is 4.04. The van der Waals surface area contributed by atoms with Crippen LogP contribution in [-0.4, -0.2) is 37.4 Å². The van der Waals surface area contributed by atoms with E-state index in [0.29, 0.717) is 4.90 Å². The van der Waals surface area contributed by atoms with Crippen molar-refractivity contribution in [2.45, 2.75) is 36.2 Å². The van der Waals surface area contributed by atoms with Crippen LogP contribution < -0.4 is 0 Å². The summed E-state index contributed by atoms with van der Waals surface area (Å²) in [6, 6.07) is 17.2. The maximum absolute atomic E-state index is 11.8. The summed E-state index contributed by atoms with van der Waals surface area (Å²) >= 11 is 0. The van der Waals surface area contributed by atoms with Gasteiger partial charge in [0, 0.05) is 30.7 Å². The van der Waals surface area contributed by atoms with E-state index in [0.717, 1.165) is 48.5 Å². The fourth-order valence-corrected chi connectivity index (χ4v) is 4.40. The molecule has 0 spiro atoms. The number of benzene rings is 1. The number of pyridine rings is 1. The molecule has 146 valence electrons. The molecule has 0 aliphatic carbocycles. The van der Waals surface area contributed by atoms with Gasteiger partial charge in [0.2, 0.25) is 0 Å². The third-order valence-electron chi connectivity index (χ3n) is 5.26. The van der Waals surface area contributed by atoms with Gasteiger partial charge >= 0.3 is 0 Å². The van der Waals surface area contributed by atoms with Gasteiger partial charge in [0.15, 0.2) is 9.84 Å². The largest absolute Gasteiger partial charge is 0.378 e. The first-order valence-corrected chi connectivity index (χ1v) is 11.4. The van der Waals surface area contributed by atoms with Gasteiger partial charge in [-0.25, -0.2) is 8.42 Å². The lowest BCUT2D eigenvalue weighted by molar-refractivity contribution is 0.100. The zero-order valence-electron chi connectivity index (χ0n) is 15.8. The molecule has 3 heterocycles. The number of rotatable bonds is 6. The minimum Gasteiger partial charge on any atom is -0.378 e. The molecular weight excluding hydrogens is 372 g/mol. The van der Waals surface area contributed by atoms with Crippen LogP contribution in [0.15, 0.2) is 65.7 Å². The van der Waals surface area contributed by atoms with E-state index in [1.807, 2.05) is 36.4 Å². The Labute approximate surface area is 165 Å². The first kappa shape index (κ1) is 18.9. The quantitative estimate of drug-likeness (QED) is 0.678.